The van der Waals surface area contributed by atoms with Crippen molar-refractivity contribution in [3.8, 4) is 0 Å². The highest BCUT2D eigenvalue weighted by atomic mass is 35.5. The van der Waals surface area contributed by atoms with E-state index in [1.54, 1.807) is 17.8 Å². The Kier molecular flexibility index (Phi) is 6.13. The third-order valence-electron chi connectivity index (χ3n) is 2.23. The molecule has 0 aliphatic carbocycles. The summed E-state index contributed by atoms with van der Waals surface area (Å²) in [4.78, 5) is 0. The Morgan fingerprint density at radius 3 is 2.94 bits per heavy atom. The van der Waals surface area contributed by atoms with E-state index in [1.165, 1.54) is 12.1 Å². The number of benzene rings is 1. The third kappa shape index (κ3) is 4.29. The third-order valence-corrected chi connectivity index (χ3v) is 3.65. The van der Waals surface area contributed by atoms with Crippen molar-refractivity contribution in [1.29, 1.82) is 0 Å². The molecule has 0 aromatic heterocycles. The van der Waals surface area contributed by atoms with Crippen LogP contribution in [0.15, 0.2) is 18.2 Å². The minimum absolute atomic E-state index is 0.115. The summed E-state index contributed by atoms with van der Waals surface area (Å²) in [5.41, 5.74) is 3.52. The van der Waals surface area contributed by atoms with Crippen LogP contribution in [0.1, 0.15) is 12.5 Å². The maximum absolute atomic E-state index is 13.0. The van der Waals surface area contributed by atoms with E-state index in [4.69, 9.17) is 17.4 Å². The van der Waals surface area contributed by atoms with Gasteiger partial charge in [-0.05, 0) is 35.9 Å². The van der Waals surface area contributed by atoms with E-state index in [-0.39, 0.29) is 11.9 Å². The van der Waals surface area contributed by atoms with Gasteiger partial charge in [0, 0.05) is 16.8 Å². The van der Waals surface area contributed by atoms with E-state index in [2.05, 4.69) is 12.3 Å². The molecular weight excluding hydrogens is 247 g/mol. The molecule has 1 aromatic rings. The van der Waals surface area contributed by atoms with Crippen molar-refractivity contribution in [1.82, 2.24) is 5.43 Å². The predicted octanol–water partition coefficient (Wildman–Crippen LogP) is 2.61. The van der Waals surface area contributed by atoms with Gasteiger partial charge in [0.1, 0.15) is 5.82 Å². The summed E-state index contributed by atoms with van der Waals surface area (Å²) in [5, 5.41) is 0.586. The number of hydrogen-bond donors (Lipinski definition) is 2. The van der Waals surface area contributed by atoms with Gasteiger partial charge in [0.05, 0.1) is 0 Å². The summed E-state index contributed by atoms with van der Waals surface area (Å²) < 4.78 is 13.0. The molecule has 90 valence electrons. The smallest absolute Gasteiger partial charge is 0.123 e. The first kappa shape index (κ1) is 13.8. The fraction of sp³-hybridized carbons (Fsp3) is 0.455. The van der Waals surface area contributed by atoms with Crippen molar-refractivity contribution in [2.45, 2.75) is 19.4 Å². The van der Waals surface area contributed by atoms with Crippen LogP contribution in [0, 0.1) is 5.82 Å². The molecule has 0 bridgehead atoms. The summed E-state index contributed by atoms with van der Waals surface area (Å²) in [5.74, 6) is 7.11. The van der Waals surface area contributed by atoms with E-state index in [0.717, 1.165) is 17.1 Å². The molecule has 0 radical (unpaired) electrons. The topological polar surface area (TPSA) is 38.0 Å². The van der Waals surface area contributed by atoms with Crippen LogP contribution in [0.25, 0.3) is 0 Å². The predicted molar refractivity (Wildman–Crippen MR) is 69.2 cm³/mol. The molecular formula is C11H16ClFN2S. The fourth-order valence-electron chi connectivity index (χ4n) is 1.39. The monoisotopic (exact) mass is 262 g/mol. The standard InChI is InChI=1S/C11H16ClFN2S/c1-2-16-7-10(15-14)6-8-5-9(13)3-4-11(8)12/h3-5,10,15H,2,6-7,14H2,1H3. The number of rotatable bonds is 6. The van der Waals surface area contributed by atoms with Crippen LogP contribution in [0.2, 0.25) is 5.02 Å². The molecule has 0 aliphatic heterocycles. The van der Waals surface area contributed by atoms with Gasteiger partial charge in [0.2, 0.25) is 0 Å². The van der Waals surface area contributed by atoms with Crippen molar-refractivity contribution in [2.24, 2.45) is 5.84 Å². The first-order valence-electron chi connectivity index (χ1n) is 5.15. The summed E-state index contributed by atoms with van der Waals surface area (Å²) in [7, 11) is 0. The second-order valence-corrected chi connectivity index (χ2v) is 5.19. The van der Waals surface area contributed by atoms with Gasteiger partial charge in [0.15, 0.2) is 0 Å². The quantitative estimate of drug-likeness (QED) is 0.611. The lowest BCUT2D eigenvalue weighted by molar-refractivity contribution is 0.571. The highest BCUT2D eigenvalue weighted by Gasteiger charge is 2.10. The minimum Gasteiger partial charge on any atom is -0.271 e. The van der Waals surface area contributed by atoms with Gasteiger partial charge in [0.25, 0.3) is 0 Å². The number of nitrogens with two attached hydrogens (primary N) is 1. The van der Waals surface area contributed by atoms with Crippen LogP contribution < -0.4 is 11.3 Å². The van der Waals surface area contributed by atoms with Gasteiger partial charge in [-0.2, -0.15) is 11.8 Å². The molecule has 1 unspecified atom stereocenters. The lowest BCUT2D eigenvalue weighted by Gasteiger charge is -2.15. The van der Waals surface area contributed by atoms with Crippen LogP contribution in [0.4, 0.5) is 4.39 Å². The molecule has 0 aliphatic rings. The van der Waals surface area contributed by atoms with E-state index >= 15 is 0 Å². The molecule has 0 saturated heterocycles. The molecule has 0 saturated carbocycles. The lowest BCUT2D eigenvalue weighted by Crippen LogP contribution is -2.38. The summed E-state index contributed by atoms with van der Waals surface area (Å²) in [6, 6.07) is 4.51. The fourth-order valence-corrected chi connectivity index (χ4v) is 2.32. The highest BCUT2D eigenvalue weighted by molar-refractivity contribution is 7.99. The van der Waals surface area contributed by atoms with Crippen molar-refractivity contribution in [3.63, 3.8) is 0 Å². The molecule has 1 rings (SSSR count). The van der Waals surface area contributed by atoms with Gasteiger partial charge >= 0.3 is 0 Å². The van der Waals surface area contributed by atoms with Crippen LogP contribution >= 0.6 is 23.4 Å². The average Bonchev–Trinajstić information content (AvgIpc) is 2.28. The van der Waals surface area contributed by atoms with Crippen molar-refractivity contribution >= 4 is 23.4 Å². The van der Waals surface area contributed by atoms with Crippen LogP contribution in [0.3, 0.4) is 0 Å². The molecule has 0 amide bonds. The molecule has 0 spiro atoms. The Hall–Kier alpha value is -0.290. The first-order valence-corrected chi connectivity index (χ1v) is 6.68. The molecule has 1 atom stereocenters. The van der Waals surface area contributed by atoms with Crippen molar-refractivity contribution in [2.75, 3.05) is 11.5 Å². The number of nitrogens with one attached hydrogen (secondary N) is 1. The summed E-state index contributed by atoms with van der Waals surface area (Å²) in [6.07, 6.45) is 0.639. The lowest BCUT2D eigenvalue weighted by atomic mass is 10.1. The second-order valence-electron chi connectivity index (χ2n) is 3.46. The van der Waals surface area contributed by atoms with E-state index < -0.39 is 0 Å². The summed E-state index contributed by atoms with van der Waals surface area (Å²) in [6.45, 7) is 2.09. The van der Waals surface area contributed by atoms with Crippen LogP contribution in [-0.4, -0.2) is 17.5 Å². The zero-order valence-electron chi connectivity index (χ0n) is 9.17. The number of halogens is 2. The normalized spacial score (nSPS) is 12.8. The maximum Gasteiger partial charge on any atom is 0.123 e. The molecule has 5 heteroatoms. The van der Waals surface area contributed by atoms with Crippen LogP contribution in [-0.2, 0) is 6.42 Å². The molecule has 0 heterocycles. The van der Waals surface area contributed by atoms with Gasteiger partial charge in [-0.25, -0.2) is 4.39 Å². The van der Waals surface area contributed by atoms with Gasteiger partial charge in [-0.1, -0.05) is 18.5 Å². The molecule has 1 aromatic carbocycles. The van der Waals surface area contributed by atoms with Gasteiger partial charge in [-0.15, -0.1) is 0 Å². The molecule has 3 N–H and O–H groups in total. The van der Waals surface area contributed by atoms with Crippen LogP contribution in [0.5, 0.6) is 0 Å². The molecule has 16 heavy (non-hydrogen) atoms. The maximum atomic E-state index is 13.0. The molecule has 0 fully saturated rings. The SMILES string of the molecule is CCSCC(Cc1cc(F)ccc1Cl)NN. The Labute approximate surface area is 105 Å². The number of hydrazine groups is 1. The van der Waals surface area contributed by atoms with Crippen molar-refractivity contribution in [3.05, 3.63) is 34.6 Å². The Balaban J connectivity index is 2.65. The van der Waals surface area contributed by atoms with Gasteiger partial charge < -0.3 is 0 Å². The first-order chi connectivity index (χ1) is 7.67. The second kappa shape index (κ2) is 7.12. The number of hydrogen-bond acceptors (Lipinski definition) is 3. The number of thioether (sulfide) groups is 1. The Morgan fingerprint density at radius 2 is 2.31 bits per heavy atom. The highest BCUT2D eigenvalue weighted by Crippen LogP contribution is 2.19. The Bertz CT molecular complexity index is 336. The summed E-state index contributed by atoms with van der Waals surface area (Å²) >= 11 is 7.78. The zero-order valence-corrected chi connectivity index (χ0v) is 10.7. The van der Waals surface area contributed by atoms with E-state index in [1.807, 2.05) is 0 Å². The average molecular weight is 263 g/mol. The zero-order chi connectivity index (χ0) is 12.0. The van der Waals surface area contributed by atoms with E-state index in [9.17, 15) is 4.39 Å². The minimum atomic E-state index is -0.265. The van der Waals surface area contributed by atoms with Gasteiger partial charge in [-0.3, -0.25) is 11.3 Å². The van der Waals surface area contributed by atoms with E-state index in [0.29, 0.717) is 11.4 Å². The van der Waals surface area contributed by atoms with Crippen molar-refractivity contribution < 1.29 is 4.39 Å². The Morgan fingerprint density at radius 1 is 1.56 bits per heavy atom. The molecule has 2 nitrogen and oxygen atoms in total. The largest absolute Gasteiger partial charge is 0.271 e.